The summed E-state index contributed by atoms with van der Waals surface area (Å²) in [6.07, 6.45) is 3.63. The summed E-state index contributed by atoms with van der Waals surface area (Å²) in [6, 6.07) is 0. The van der Waals surface area contributed by atoms with E-state index in [0.29, 0.717) is 10.9 Å². The van der Waals surface area contributed by atoms with Crippen molar-refractivity contribution < 1.29 is 9.53 Å². The summed E-state index contributed by atoms with van der Waals surface area (Å²) < 4.78 is 5.61. The van der Waals surface area contributed by atoms with E-state index in [0.717, 1.165) is 38.8 Å². The predicted octanol–water partition coefficient (Wildman–Crippen LogP) is 1.08. The van der Waals surface area contributed by atoms with Crippen molar-refractivity contribution in [3.05, 3.63) is 0 Å². The van der Waals surface area contributed by atoms with Gasteiger partial charge >= 0.3 is 0 Å². The highest BCUT2D eigenvalue weighted by atomic mass is 32.1. The van der Waals surface area contributed by atoms with Gasteiger partial charge in [0.2, 0.25) is 0 Å². The first-order chi connectivity index (χ1) is 8.08. The molecule has 96 valence electrons. The number of nitrogens with zero attached hydrogens (tertiary/aromatic N) is 1. The summed E-state index contributed by atoms with van der Waals surface area (Å²) in [5.74, 6) is 0.452. The topological polar surface area (TPSA) is 55.6 Å². The molecule has 0 aromatic rings. The number of carbonyl (C=O) groups is 1. The van der Waals surface area contributed by atoms with E-state index < -0.39 is 0 Å². The van der Waals surface area contributed by atoms with E-state index in [4.69, 9.17) is 22.7 Å². The molecule has 0 saturated carbocycles. The summed E-state index contributed by atoms with van der Waals surface area (Å²) in [4.78, 5) is 14.6. The lowest BCUT2D eigenvalue weighted by Gasteiger charge is -2.32. The molecule has 2 atom stereocenters. The van der Waals surface area contributed by atoms with Crippen LogP contribution < -0.4 is 5.73 Å². The minimum Gasteiger partial charge on any atom is -0.393 e. The van der Waals surface area contributed by atoms with E-state index in [2.05, 4.69) is 0 Å². The second kappa shape index (κ2) is 5.31. The van der Waals surface area contributed by atoms with Gasteiger partial charge < -0.3 is 15.4 Å². The average Bonchev–Trinajstić information content (AvgIpc) is 2.75. The zero-order valence-corrected chi connectivity index (χ0v) is 11.0. The molecule has 0 aromatic carbocycles. The maximum Gasteiger partial charge on any atom is 0.251 e. The van der Waals surface area contributed by atoms with E-state index in [9.17, 15) is 4.79 Å². The van der Waals surface area contributed by atoms with E-state index in [1.165, 1.54) is 0 Å². The highest BCUT2D eigenvalue weighted by Gasteiger charge is 2.33. The van der Waals surface area contributed by atoms with Crippen molar-refractivity contribution in [2.75, 3.05) is 13.1 Å². The van der Waals surface area contributed by atoms with Crippen LogP contribution in [-0.4, -0.2) is 41.1 Å². The molecule has 2 aliphatic rings. The number of carbonyl (C=O) groups excluding carboxylic acids is 1. The lowest BCUT2D eigenvalue weighted by molar-refractivity contribution is -0.143. The molecule has 2 rings (SSSR count). The fourth-order valence-corrected chi connectivity index (χ4v) is 2.81. The van der Waals surface area contributed by atoms with Crippen molar-refractivity contribution in [3.8, 4) is 0 Å². The van der Waals surface area contributed by atoms with Crippen LogP contribution in [0.15, 0.2) is 0 Å². The average molecular weight is 256 g/mol. The Morgan fingerprint density at radius 2 is 1.94 bits per heavy atom. The van der Waals surface area contributed by atoms with Gasteiger partial charge in [-0.2, -0.15) is 0 Å². The number of amides is 1. The van der Waals surface area contributed by atoms with Crippen LogP contribution in [0, 0.1) is 5.92 Å². The van der Waals surface area contributed by atoms with Crippen molar-refractivity contribution >= 4 is 23.1 Å². The third-order valence-electron chi connectivity index (χ3n) is 3.72. The Kier molecular flexibility index (Phi) is 3.99. The first kappa shape index (κ1) is 12.8. The smallest absolute Gasteiger partial charge is 0.251 e. The molecule has 2 N–H and O–H groups in total. The molecular weight excluding hydrogens is 236 g/mol. The summed E-state index contributed by atoms with van der Waals surface area (Å²) in [5.41, 5.74) is 5.63. The first-order valence-electron chi connectivity index (χ1n) is 6.31. The summed E-state index contributed by atoms with van der Waals surface area (Å²) in [6.45, 7) is 3.54. The van der Waals surface area contributed by atoms with Crippen LogP contribution in [0.25, 0.3) is 0 Å². The van der Waals surface area contributed by atoms with E-state index in [-0.39, 0.29) is 18.1 Å². The number of piperidine rings is 1. The zero-order chi connectivity index (χ0) is 12.4. The molecule has 2 heterocycles. The van der Waals surface area contributed by atoms with Gasteiger partial charge in [0.15, 0.2) is 0 Å². The Bertz CT molecular complexity index is 314. The van der Waals surface area contributed by atoms with Crippen LogP contribution in [0.1, 0.15) is 32.6 Å². The van der Waals surface area contributed by atoms with Gasteiger partial charge in [0.1, 0.15) is 6.10 Å². The lowest BCUT2D eigenvalue weighted by Crippen LogP contribution is -2.45. The maximum atomic E-state index is 12.2. The number of rotatable bonds is 2. The molecule has 0 spiro atoms. The Morgan fingerprint density at radius 3 is 2.41 bits per heavy atom. The molecule has 0 radical (unpaired) electrons. The Balaban J connectivity index is 1.84. The van der Waals surface area contributed by atoms with Crippen molar-refractivity contribution in [1.29, 1.82) is 0 Å². The minimum absolute atomic E-state index is 0.149. The van der Waals surface area contributed by atoms with Crippen LogP contribution in [0.5, 0.6) is 0 Å². The van der Waals surface area contributed by atoms with Crippen LogP contribution in [0.4, 0.5) is 0 Å². The van der Waals surface area contributed by atoms with Crippen molar-refractivity contribution in [2.24, 2.45) is 11.7 Å². The number of hydrogen-bond donors (Lipinski definition) is 1. The highest BCUT2D eigenvalue weighted by molar-refractivity contribution is 7.80. The van der Waals surface area contributed by atoms with Gasteiger partial charge in [-0.1, -0.05) is 12.2 Å². The minimum atomic E-state index is -0.216. The third-order valence-corrected chi connectivity index (χ3v) is 4.05. The second-order valence-corrected chi connectivity index (χ2v) is 5.49. The van der Waals surface area contributed by atoms with Gasteiger partial charge in [-0.15, -0.1) is 0 Å². The van der Waals surface area contributed by atoms with E-state index >= 15 is 0 Å². The van der Waals surface area contributed by atoms with Crippen molar-refractivity contribution in [2.45, 2.75) is 44.8 Å². The number of hydrogen-bond acceptors (Lipinski definition) is 3. The third kappa shape index (κ3) is 2.96. The molecule has 17 heavy (non-hydrogen) atoms. The normalized spacial score (nSPS) is 30.5. The standard InChI is InChI=1S/C12H20N2O2S/c1-8-2-3-10(16-8)12(15)14-6-4-9(5-7-14)11(13)17/h8-10H,2-7H2,1H3,(H2,13,17). The maximum absolute atomic E-state index is 12.2. The Morgan fingerprint density at radius 1 is 1.29 bits per heavy atom. The van der Waals surface area contributed by atoms with Gasteiger partial charge in [-0.3, -0.25) is 4.79 Å². The van der Waals surface area contributed by atoms with Gasteiger partial charge in [0.25, 0.3) is 5.91 Å². The van der Waals surface area contributed by atoms with E-state index in [1.54, 1.807) is 0 Å². The van der Waals surface area contributed by atoms with Crippen molar-refractivity contribution in [3.63, 3.8) is 0 Å². The molecule has 2 fully saturated rings. The molecule has 4 nitrogen and oxygen atoms in total. The summed E-state index contributed by atoms with van der Waals surface area (Å²) >= 11 is 4.99. The number of thiocarbonyl (C=S) groups is 1. The van der Waals surface area contributed by atoms with E-state index in [1.807, 2.05) is 11.8 Å². The zero-order valence-electron chi connectivity index (χ0n) is 10.2. The van der Waals surface area contributed by atoms with Crippen LogP contribution in [0.2, 0.25) is 0 Å². The summed E-state index contributed by atoms with van der Waals surface area (Å²) in [5, 5.41) is 0. The predicted molar refractivity (Wildman–Crippen MR) is 69.7 cm³/mol. The first-order valence-corrected chi connectivity index (χ1v) is 6.72. The van der Waals surface area contributed by atoms with Crippen LogP contribution >= 0.6 is 12.2 Å². The molecule has 5 heteroatoms. The fraction of sp³-hybridized carbons (Fsp3) is 0.833. The van der Waals surface area contributed by atoms with Crippen LogP contribution in [-0.2, 0) is 9.53 Å². The molecule has 0 bridgehead atoms. The second-order valence-electron chi connectivity index (χ2n) is 5.01. The van der Waals surface area contributed by atoms with Gasteiger partial charge in [-0.25, -0.2) is 0 Å². The van der Waals surface area contributed by atoms with Gasteiger partial charge in [0.05, 0.1) is 11.1 Å². The fourth-order valence-electron chi connectivity index (χ4n) is 2.57. The molecular formula is C12H20N2O2S. The number of nitrogens with two attached hydrogens (primary N) is 1. The monoisotopic (exact) mass is 256 g/mol. The lowest BCUT2D eigenvalue weighted by atomic mass is 9.96. The van der Waals surface area contributed by atoms with Gasteiger partial charge in [-0.05, 0) is 32.6 Å². The largest absolute Gasteiger partial charge is 0.393 e. The molecule has 1 amide bonds. The summed E-state index contributed by atoms with van der Waals surface area (Å²) in [7, 11) is 0. The van der Waals surface area contributed by atoms with Gasteiger partial charge in [0, 0.05) is 19.0 Å². The Hall–Kier alpha value is -0.680. The molecule has 2 aliphatic heterocycles. The molecule has 0 aromatic heterocycles. The molecule has 2 saturated heterocycles. The Labute approximate surface area is 107 Å². The quantitative estimate of drug-likeness (QED) is 0.751. The number of likely N-dealkylation sites (tertiary alicyclic amines) is 1. The number of ether oxygens (including phenoxy) is 1. The SMILES string of the molecule is CC1CCC(C(=O)N2CCC(C(N)=S)CC2)O1. The van der Waals surface area contributed by atoms with Crippen LogP contribution in [0.3, 0.4) is 0 Å². The molecule has 0 aliphatic carbocycles. The highest BCUT2D eigenvalue weighted by Crippen LogP contribution is 2.24. The molecule has 2 unspecified atom stereocenters. The van der Waals surface area contributed by atoms with Crippen molar-refractivity contribution in [1.82, 2.24) is 4.90 Å².